The number of nitrogens with zero attached hydrogens (tertiary/aromatic N) is 1. The van der Waals surface area contributed by atoms with Crippen LogP contribution in [0.25, 0.3) is 0 Å². The Morgan fingerprint density at radius 3 is 2.60 bits per heavy atom. The number of aromatic nitrogens is 1. The van der Waals surface area contributed by atoms with Crippen molar-refractivity contribution in [3.8, 4) is 0 Å². The first-order valence-electron chi connectivity index (χ1n) is 7.03. The molecule has 1 aromatic carbocycles. The molecule has 1 unspecified atom stereocenters. The topological polar surface area (TPSA) is 24.9 Å². The largest absolute Gasteiger partial charge is 0.306 e. The van der Waals surface area contributed by atoms with Crippen LogP contribution in [0.3, 0.4) is 0 Å². The van der Waals surface area contributed by atoms with Gasteiger partial charge in [0.05, 0.1) is 6.04 Å². The van der Waals surface area contributed by atoms with Gasteiger partial charge < -0.3 is 5.32 Å². The predicted octanol–water partition coefficient (Wildman–Crippen LogP) is 3.93. The molecule has 2 nitrogen and oxygen atoms in total. The van der Waals surface area contributed by atoms with Crippen molar-refractivity contribution in [2.45, 2.75) is 33.2 Å². The van der Waals surface area contributed by atoms with Crippen LogP contribution in [0.15, 0.2) is 36.7 Å². The van der Waals surface area contributed by atoms with Gasteiger partial charge >= 0.3 is 0 Å². The monoisotopic (exact) mass is 272 g/mol. The Balaban J connectivity index is 2.44. The first-order chi connectivity index (χ1) is 9.63. The molecule has 0 aliphatic rings. The van der Waals surface area contributed by atoms with E-state index in [0.29, 0.717) is 0 Å². The molecular weight excluding hydrogens is 251 g/mol. The SMILES string of the molecule is CCCNC(c1ccc(F)cc1C)c1cnccc1C. The Hall–Kier alpha value is -1.74. The fourth-order valence-corrected chi connectivity index (χ4v) is 2.42. The summed E-state index contributed by atoms with van der Waals surface area (Å²) in [7, 11) is 0. The summed E-state index contributed by atoms with van der Waals surface area (Å²) in [6.45, 7) is 7.08. The van der Waals surface area contributed by atoms with Gasteiger partial charge in [0.1, 0.15) is 5.82 Å². The summed E-state index contributed by atoms with van der Waals surface area (Å²) < 4.78 is 13.3. The van der Waals surface area contributed by atoms with Crippen molar-refractivity contribution in [2.75, 3.05) is 6.54 Å². The van der Waals surface area contributed by atoms with Gasteiger partial charge in [-0.1, -0.05) is 13.0 Å². The molecule has 0 aliphatic carbocycles. The van der Waals surface area contributed by atoms with Crippen LogP contribution in [-0.2, 0) is 0 Å². The quantitative estimate of drug-likeness (QED) is 0.892. The van der Waals surface area contributed by atoms with Crippen LogP contribution in [0.5, 0.6) is 0 Å². The van der Waals surface area contributed by atoms with Crippen LogP contribution in [0.2, 0.25) is 0 Å². The highest BCUT2D eigenvalue weighted by atomic mass is 19.1. The fourth-order valence-electron chi connectivity index (χ4n) is 2.42. The van der Waals surface area contributed by atoms with E-state index in [9.17, 15) is 4.39 Å². The van der Waals surface area contributed by atoms with E-state index >= 15 is 0 Å². The van der Waals surface area contributed by atoms with Crippen molar-refractivity contribution in [1.29, 1.82) is 0 Å². The van der Waals surface area contributed by atoms with E-state index in [1.807, 2.05) is 25.3 Å². The van der Waals surface area contributed by atoms with Crippen LogP contribution in [0, 0.1) is 19.7 Å². The van der Waals surface area contributed by atoms with Crippen LogP contribution >= 0.6 is 0 Å². The maximum Gasteiger partial charge on any atom is 0.123 e. The van der Waals surface area contributed by atoms with Crippen molar-refractivity contribution in [2.24, 2.45) is 0 Å². The van der Waals surface area contributed by atoms with Crippen LogP contribution in [0.1, 0.15) is 41.6 Å². The third-order valence-electron chi connectivity index (χ3n) is 3.53. The number of hydrogen-bond acceptors (Lipinski definition) is 2. The van der Waals surface area contributed by atoms with E-state index < -0.39 is 0 Å². The highest BCUT2D eigenvalue weighted by Crippen LogP contribution is 2.27. The lowest BCUT2D eigenvalue weighted by Gasteiger charge is -2.22. The smallest absolute Gasteiger partial charge is 0.123 e. The molecule has 0 bridgehead atoms. The van der Waals surface area contributed by atoms with Gasteiger partial charge in [-0.15, -0.1) is 0 Å². The Kier molecular flexibility index (Phi) is 4.85. The number of pyridine rings is 1. The zero-order chi connectivity index (χ0) is 14.5. The number of rotatable bonds is 5. The van der Waals surface area contributed by atoms with E-state index in [2.05, 4.69) is 24.1 Å². The fraction of sp³-hybridized carbons (Fsp3) is 0.353. The average Bonchev–Trinajstić information content (AvgIpc) is 2.42. The lowest BCUT2D eigenvalue weighted by atomic mass is 9.93. The zero-order valence-electron chi connectivity index (χ0n) is 12.3. The molecule has 2 rings (SSSR count). The Labute approximate surface area is 120 Å². The molecule has 1 heterocycles. The number of hydrogen-bond donors (Lipinski definition) is 1. The molecule has 0 spiro atoms. The minimum Gasteiger partial charge on any atom is -0.306 e. The highest BCUT2D eigenvalue weighted by molar-refractivity contribution is 5.39. The van der Waals surface area contributed by atoms with E-state index in [1.54, 1.807) is 12.3 Å². The molecular formula is C17H21FN2. The second-order valence-electron chi connectivity index (χ2n) is 5.12. The lowest BCUT2D eigenvalue weighted by molar-refractivity contribution is 0.586. The maximum absolute atomic E-state index is 13.3. The van der Waals surface area contributed by atoms with Gasteiger partial charge in [-0.2, -0.15) is 0 Å². The van der Waals surface area contributed by atoms with Crippen LogP contribution in [0.4, 0.5) is 4.39 Å². The highest BCUT2D eigenvalue weighted by Gasteiger charge is 2.17. The van der Waals surface area contributed by atoms with Crippen molar-refractivity contribution in [1.82, 2.24) is 10.3 Å². The first-order valence-corrected chi connectivity index (χ1v) is 7.03. The van der Waals surface area contributed by atoms with Crippen molar-refractivity contribution in [3.63, 3.8) is 0 Å². The van der Waals surface area contributed by atoms with Gasteiger partial charge in [-0.3, -0.25) is 4.98 Å². The summed E-state index contributed by atoms with van der Waals surface area (Å²) in [5.41, 5.74) is 4.41. The van der Waals surface area contributed by atoms with Crippen molar-refractivity contribution in [3.05, 3.63) is 64.7 Å². The molecule has 1 aromatic heterocycles. The second-order valence-corrected chi connectivity index (χ2v) is 5.12. The van der Waals surface area contributed by atoms with E-state index in [0.717, 1.165) is 29.7 Å². The van der Waals surface area contributed by atoms with Gasteiger partial charge in [0.2, 0.25) is 0 Å². The molecule has 0 saturated heterocycles. The molecule has 1 atom stereocenters. The van der Waals surface area contributed by atoms with E-state index in [1.165, 1.54) is 11.6 Å². The standard InChI is InChI=1S/C17H21FN2/c1-4-8-20-17(16-11-19-9-7-12(16)2)15-6-5-14(18)10-13(15)3/h5-7,9-11,17,20H,4,8H2,1-3H3. The Bertz CT molecular complexity index is 581. The first kappa shape index (κ1) is 14.7. The van der Waals surface area contributed by atoms with Crippen LogP contribution < -0.4 is 5.32 Å². The van der Waals surface area contributed by atoms with E-state index in [4.69, 9.17) is 0 Å². The van der Waals surface area contributed by atoms with Gasteiger partial charge in [0.25, 0.3) is 0 Å². The Morgan fingerprint density at radius 1 is 1.15 bits per heavy atom. The molecule has 106 valence electrons. The number of aryl methyl sites for hydroxylation is 2. The second kappa shape index (κ2) is 6.62. The van der Waals surface area contributed by atoms with Crippen molar-refractivity contribution >= 4 is 0 Å². The molecule has 2 aromatic rings. The zero-order valence-corrected chi connectivity index (χ0v) is 12.3. The predicted molar refractivity (Wildman–Crippen MR) is 80.2 cm³/mol. The number of benzene rings is 1. The average molecular weight is 272 g/mol. The summed E-state index contributed by atoms with van der Waals surface area (Å²) in [5, 5.41) is 3.54. The van der Waals surface area contributed by atoms with Gasteiger partial charge in [-0.25, -0.2) is 4.39 Å². The molecule has 0 amide bonds. The van der Waals surface area contributed by atoms with Gasteiger partial charge in [0.15, 0.2) is 0 Å². The summed E-state index contributed by atoms with van der Waals surface area (Å²) >= 11 is 0. The number of halogens is 1. The molecule has 0 saturated carbocycles. The normalized spacial score (nSPS) is 12.4. The van der Waals surface area contributed by atoms with Crippen LogP contribution in [-0.4, -0.2) is 11.5 Å². The molecule has 3 heteroatoms. The summed E-state index contributed by atoms with van der Waals surface area (Å²) in [6.07, 6.45) is 4.74. The third kappa shape index (κ3) is 3.23. The minimum atomic E-state index is -0.191. The Morgan fingerprint density at radius 2 is 1.95 bits per heavy atom. The molecule has 1 N–H and O–H groups in total. The molecule has 20 heavy (non-hydrogen) atoms. The van der Waals surface area contributed by atoms with Gasteiger partial charge in [-0.05, 0) is 67.3 Å². The molecule has 0 aliphatic heterocycles. The molecule has 0 radical (unpaired) electrons. The van der Waals surface area contributed by atoms with Gasteiger partial charge in [0, 0.05) is 12.4 Å². The summed E-state index contributed by atoms with van der Waals surface area (Å²) in [6, 6.07) is 7.04. The minimum absolute atomic E-state index is 0.0595. The maximum atomic E-state index is 13.3. The summed E-state index contributed by atoms with van der Waals surface area (Å²) in [5.74, 6) is -0.191. The lowest BCUT2D eigenvalue weighted by Crippen LogP contribution is -2.24. The van der Waals surface area contributed by atoms with E-state index in [-0.39, 0.29) is 11.9 Å². The molecule has 0 fully saturated rings. The third-order valence-corrected chi connectivity index (χ3v) is 3.53. The summed E-state index contributed by atoms with van der Waals surface area (Å²) in [4.78, 5) is 4.23. The number of nitrogens with one attached hydrogen (secondary N) is 1. The van der Waals surface area contributed by atoms with Crippen molar-refractivity contribution < 1.29 is 4.39 Å².